The van der Waals surface area contributed by atoms with E-state index in [9.17, 15) is 4.79 Å². The lowest BCUT2D eigenvalue weighted by Crippen LogP contribution is -2.11. The minimum atomic E-state index is -0.189. The maximum Gasteiger partial charge on any atom is 0.205 e. The molecule has 0 spiro atoms. The highest BCUT2D eigenvalue weighted by Crippen LogP contribution is 2.30. The Bertz CT molecular complexity index is 774. The van der Waals surface area contributed by atoms with Crippen LogP contribution in [0.3, 0.4) is 0 Å². The van der Waals surface area contributed by atoms with Gasteiger partial charge >= 0.3 is 0 Å². The molecule has 3 aromatic rings. The molecule has 0 radical (unpaired) electrons. The number of halogens is 1. The highest BCUT2D eigenvalue weighted by Gasteiger charge is 2.23. The third kappa shape index (κ3) is 2.59. The van der Waals surface area contributed by atoms with Crippen molar-refractivity contribution in [3.8, 4) is 0 Å². The van der Waals surface area contributed by atoms with Crippen LogP contribution in [0.1, 0.15) is 35.4 Å². The monoisotopic (exact) mass is 298 g/mol. The van der Waals surface area contributed by atoms with Gasteiger partial charge in [-0.1, -0.05) is 61.0 Å². The summed E-state index contributed by atoms with van der Waals surface area (Å²) < 4.78 is 5.68. The lowest BCUT2D eigenvalue weighted by atomic mass is 9.91. The maximum atomic E-state index is 12.7. The van der Waals surface area contributed by atoms with Crippen LogP contribution >= 0.6 is 11.6 Å². The fraction of sp³-hybridized carbons (Fsp3) is 0.167. The van der Waals surface area contributed by atoms with Gasteiger partial charge in [-0.2, -0.15) is 0 Å². The molecule has 2 aromatic carbocycles. The van der Waals surface area contributed by atoms with Gasteiger partial charge in [-0.15, -0.1) is 0 Å². The van der Waals surface area contributed by atoms with E-state index in [2.05, 4.69) is 0 Å². The molecule has 0 saturated carbocycles. The predicted molar refractivity (Wildman–Crippen MR) is 85.0 cm³/mol. The maximum absolute atomic E-state index is 12.7. The molecule has 21 heavy (non-hydrogen) atoms. The number of Topliss-reactive ketones (excluding diaryl/α,β-unsaturated/α-hetero) is 1. The van der Waals surface area contributed by atoms with Crippen LogP contribution in [0, 0.1) is 0 Å². The van der Waals surface area contributed by atoms with Crippen LogP contribution in [0.5, 0.6) is 0 Å². The number of para-hydroxylation sites is 1. The number of hydrogen-bond acceptors (Lipinski definition) is 2. The minimum Gasteiger partial charge on any atom is -0.451 e. The molecule has 0 fully saturated rings. The molecule has 3 heteroatoms. The van der Waals surface area contributed by atoms with Crippen molar-refractivity contribution >= 4 is 28.4 Å². The molecule has 3 rings (SSSR count). The second-order valence-corrected chi connectivity index (χ2v) is 5.41. The Morgan fingerprint density at radius 1 is 1.14 bits per heavy atom. The first-order valence-electron chi connectivity index (χ1n) is 6.98. The highest BCUT2D eigenvalue weighted by atomic mass is 35.5. The Kier molecular flexibility index (Phi) is 3.80. The summed E-state index contributed by atoms with van der Waals surface area (Å²) in [4.78, 5) is 12.7. The van der Waals surface area contributed by atoms with E-state index >= 15 is 0 Å². The number of carbonyl (C=O) groups is 1. The van der Waals surface area contributed by atoms with Gasteiger partial charge in [0.05, 0.1) is 10.9 Å². The van der Waals surface area contributed by atoms with Crippen molar-refractivity contribution in [2.24, 2.45) is 0 Å². The van der Waals surface area contributed by atoms with E-state index in [1.54, 1.807) is 12.1 Å². The van der Waals surface area contributed by atoms with Crippen molar-refractivity contribution < 1.29 is 9.21 Å². The second-order valence-electron chi connectivity index (χ2n) is 5.00. The standard InChI is InChI=1S/C18H15ClO2/c1-2-14(12-7-4-3-5-8-12)17(20)16-11-13-9-6-10-15(19)18(13)21-16/h3-11,14H,2H2,1H3. The van der Waals surface area contributed by atoms with E-state index in [1.807, 2.05) is 49.4 Å². The summed E-state index contributed by atoms with van der Waals surface area (Å²) in [5.41, 5.74) is 1.59. The lowest BCUT2D eigenvalue weighted by molar-refractivity contribution is 0.0932. The first kappa shape index (κ1) is 13.9. The molecule has 0 amide bonds. The molecule has 0 aliphatic rings. The number of hydrogen-bond donors (Lipinski definition) is 0. The van der Waals surface area contributed by atoms with Crippen LogP contribution in [0.15, 0.2) is 59.0 Å². The van der Waals surface area contributed by atoms with Gasteiger partial charge in [-0.25, -0.2) is 0 Å². The van der Waals surface area contributed by atoms with Gasteiger partial charge in [0, 0.05) is 5.39 Å². The Labute approximate surface area is 128 Å². The second kappa shape index (κ2) is 5.74. The van der Waals surface area contributed by atoms with Gasteiger partial charge in [-0.05, 0) is 24.1 Å². The normalized spacial score (nSPS) is 12.5. The summed E-state index contributed by atoms with van der Waals surface area (Å²) in [5, 5.41) is 1.38. The third-order valence-corrected chi connectivity index (χ3v) is 3.96. The van der Waals surface area contributed by atoms with Crippen LogP contribution in [0.4, 0.5) is 0 Å². The summed E-state index contributed by atoms with van der Waals surface area (Å²) in [5.74, 6) is 0.176. The molecule has 0 saturated heterocycles. The fourth-order valence-corrected chi connectivity index (χ4v) is 2.80. The number of furan rings is 1. The molecule has 1 unspecified atom stereocenters. The number of ketones is 1. The summed E-state index contributed by atoms with van der Waals surface area (Å²) >= 11 is 6.10. The molecule has 2 nitrogen and oxygen atoms in total. The molecule has 1 aromatic heterocycles. The smallest absolute Gasteiger partial charge is 0.205 e. The predicted octanol–water partition coefficient (Wildman–Crippen LogP) is 5.46. The zero-order valence-electron chi connectivity index (χ0n) is 11.7. The lowest BCUT2D eigenvalue weighted by Gasteiger charge is -2.12. The van der Waals surface area contributed by atoms with Crippen molar-refractivity contribution in [1.29, 1.82) is 0 Å². The Hall–Kier alpha value is -2.06. The van der Waals surface area contributed by atoms with Gasteiger partial charge in [0.2, 0.25) is 5.78 Å². The van der Waals surface area contributed by atoms with Gasteiger partial charge in [0.25, 0.3) is 0 Å². The highest BCUT2D eigenvalue weighted by molar-refractivity contribution is 6.34. The molecule has 1 heterocycles. The molecule has 0 bridgehead atoms. The van der Waals surface area contributed by atoms with Gasteiger partial charge in [0.1, 0.15) is 0 Å². The number of benzene rings is 2. The molecule has 1 atom stereocenters. The number of fused-ring (bicyclic) bond motifs is 1. The van der Waals surface area contributed by atoms with E-state index in [0.29, 0.717) is 16.4 Å². The van der Waals surface area contributed by atoms with Crippen molar-refractivity contribution in [3.05, 3.63) is 70.9 Å². The Morgan fingerprint density at radius 3 is 2.57 bits per heavy atom. The topological polar surface area (TPSA) is 30.2 Å². The van der Waals surface area contributed by atoms with E-state index in [1.165, 1.54) is 0 Å². The quantitative estimate of drug-likeness (QED) is 0.598. The van der Waals surface area contributed by atoms with Crippen LogP contribution < -0.4 is 0 Å². The zero-order chi connectivity index (χ0) is 14.8. The number of carbonyl (C=O) groups excluding carboxylic acids is 1. The first-order chi connectivity index (χ1) is 10.2. The van der Waals surface area contributed by atoms with Crippen LogP contribution in [0.25, 0.3) is 11.0 Å². The van der Waals surface area contributed by atoms with E-state index in [-0.39, 0.29) is 11.7 Å². The SMILES string of the molecule is CCC(C(=O)c1cc2cccc(Cl)c2o1)c1ccccc1. The van der Waals surface area contributed by atoms with Crippen LogP contribution in [0.2, 0.25) is 5.02 Å². The van der Waals surface area contributed by atoms with Crippen molar-refractivity contribution in [2.75, 3.05) is 0 Å². The zero-order valence-corrected chi connectivity index (χ0v) is 12.4. The van der Waals surface area contributed by atoms with Gasteiger partial charge in [0.15, 0.2) is 11.3 Å². The van der Waals surface area contributed by atoms with Crippen LogP contribution in [-0.2, 0) is 0 Å². The summed E-state index contributed by atoms with van der Waals surface area (Å²) in [6, 6.07) is 17.1. The van der Waals surface area contributed by atoms with E-state index in [0.717, 1.165) is 17.4 Å². The molecular formula is C18H15ClO2. The van der Waals surface area contributed by atoms with Gasteiger partial charge in [-0.3, -0.25) is 4.79 Å². The third-order valence-electron chi connectivity index (χ3n) is 3.67. The molecule has 0 aliphatic carbocycles. The molecule has 0 aliphatic heterocycles. The fourth-order valence-electron chi connectivity index (χ4n) is 2.58. The summed E-state index contributed by atoms with van der Waals surface area (Å²) in [6.07, 6.45) is 0.730. The average molecular weight is 299 g/mol. The summed E-state index contributed by atoms with van der Waals surface area (Å²) in [6.45, 7) is 2.01. The van der Waals surface area contributed by atoms with E-state index in [4.69, 9.17) is 16.0 Å². The van der Waals surface area contributed by atoms with Gasteiger partial charge < -0.3 is 4.42 Å². The Morgan fingerprint density at radius 2 is 1.90 bits per heavy atom. The number of rotatable bonds is 4. The minimum absolute atomic E-state index is 0.00373. The van der Waals surface area contributed by atoms with Crippen molar-refractivity contribution in [3.63, 3.8) is 0 Å². The summed E-state index contributed by atoms with van der Waals surface area (Å²) in [7, 11) is 0. The molecule has 106 valence electrons. The van der Waals surface area contributed by atoms with Crippen molar-refractivity contribution in [2.45, 2.75) is 19.3 Å². The average Bonchev–Trinajstić information content (AvgIpc) is 2.95. The largest absolute Gasteiger partial charge is 0.451 e. The molecule has 0 N–H and O–H groups in total. The van der Waals surface area contributed by atoms with E-state index < -0.39 is 0 Å². The molecular weight excluding hydrogens is 284 g/mol. The van der Waals surface area contributed by atoms with Crippen molar-refractivity contribution in [1.82, 2.24) is 0 Å². The Balaban J connectivity index is 2.01. The van der Waals surface area contributed by atoms with Crippen LogP contribution in [-0.4, -0.2) is 5.78 Å². The first-order valence-corrected chi connectivity index (χ1v) is 7.35.